The lowest BCUT2D eigenvalue weighted by Gasteiger charge is -2.12. The molecule has 0 heterocycles. The molecule has 0 saturated carbocycles. The van der Waals surface area contributed by atoms with E-state index in [2.05, 4.69) is 0 Å². The Hall–Kier alpha value is -2.69. The standard InChI is InChI=1S/C18H20O5/c1-13(19)14-4-9-17(18(12-14)21-3)23-11-10-22-16-7-5-15(20-2)6-8-16/h4-9,12H,10-11H2,1-3H3. The molecule has 0 aliphatic carbocycles. The lowest BCUT2D eigenvalue weighted by atomic mass is 10.1. The summed E-state index contributed by atoms with van der Waals surface area (Å²) in [6.07, 6.45) is 0. The summed E-state index contributed by atoms with van der Waals surface area (Å²) in [5.74, 6) is 2.62. The van der Waals surface area contributed by atoms with Gasteiger partial charge in [0.2, 0.25) is 0 Å². The van der Waals surface area contributed by atoms with Gasteiger partial charge in [-0.3, -0.25) is 4.79 Å². The van der Waals surface area contributed by atoms with Crippen molar-refractivity contribution in [2.45, 2.75) is 6.92 Å². The van der Waals surface area contributed by atoms with E-state index in [1.54, 1.807) is 32.4 Å². The zero-order chi connectivity index (χ0) is 16.7. The third-order valence-electron chi connectivity index (χ3n) is 3.24. The number of benzene rings is 2. The maximum atomic E-state index is 11.4. The van der Waals surface area contributed by atoms with Crippen molar-refractivity contribution in [2.75, 3.05) is 27.4 Å². The molecule has 2 aromatic rings. The van der Waals surface area contributed by atoms with E-state index in [1.165, 1.54) is 6.92 Å². The van der Waals surface area contributed by atoms with Gasteiger partial charge in [0.15, 0.2) is 17.3 Å². The van der Waals surface area contributed by atoms with Crippen LogP contribution in [0.4, 0.5) is 0 Å². The molecule has 0 atom stereocenters. The molecule has 0 spiro atoms. The van der Waals surface area contributed by atoms with Crippen LogP contribution in [-0.4, -0.2) is 33.2 Å². The summed E-state index contributed by atoms with van der Waals surface area (Å²) < 4.78 is 21.6. The van der Waals surface area contributed by atoms with Crippen molar-refractivity contribution in [3.05, 3.63) is 48.0 Å². The van der Waals surface area contributed by atoms with Crippen molar-refractivity contribution in [3.63, 3.8) is 0 Å². The number of methoxy groups -OCH3 is 2. The lowest BCUT2D eigenvalue weighted by molar-refractivity contribution is 0.101. The first-order chi connectivity index (χ1) is 11.1. The van der Waals surface area contributed by atoms with Gasteiger partial charge in [-0.05, 0) is 49.4 Å². The molecule has 0 saturated heterocycles. The number of ether oxygens (including phenoxy) is 4. The second-order valence-corrected chi connectivity index (χ2v) is 4.79. The van der Waals surface area contributed by atoms with E-state index in [0.717, 1.165) is 11.5 Å². The minimum Gasteiger partial charge on any atom is -0.497 e. The minimum atomic E-state index is -0.0160. The molecule has 2 rings (SSSR count). The van der Waals surface area contributed by atoms with Gasteiger partial charge in [0.05, 0.1) is 14.2 Å². The Morgan fingerprint density at radius 3 is 2.09 bits per heavy atom. The zero-order valence-corrected chi connectivity index (χ0v) is 13.5. The molecule has 5 nitrogen and oxygen atoms in total. The van der Waals surface area contributed by atoms with Crippen molar-refractivity contribution in [3.8, 4) is 23.0 Å². The molecule has 0 amide bonds. The maximum Gasteiger partial charge on any atom is 0.161 e. The summed E-state index contributed by atoms with van der Waals surface area (Å²) in [6.45, 7) is 2.27. The predicted octanol–water partition coefficient (Wildman–Crippen LogP) is 3.36. The Morgan fingerprint density at radius 2 is 1.48 bits per heavy atom. The summed E-state index contributed by atoms with van der Waals surface area (Å²) in [6, 6.07) is 12.4. The van der Waals surface area contributed by atoms with Crippen molar-refractivity contribution in [1.82, 2.24) is 0 Å². The second kappa shape index (κ2) is 8.08. The van der Waals surface area contributed by atoms with Gasteiger partial charge in [-0.1, -0.05) is 0 Å². The molecule has 0 aromatic heterocycles. The molecule has 0 N–H and O–H groups in total. The van der Waals surface area contributed by atoms with E-state index in [9.17, 15) is 4.79 Å². The van der Waals surface area contributed by atoms with Crippen molar-refractivity contribution in [2.24, 2.45) is 0 Å². The van der Waals surface area contributed by atoms with Crippen LogP contribution in [0, 0.1) is 0 Å². The van der Waals surface area contributed by atoms with Crippen LogP contribution in [0.1, 0.15) is 17.3 Å². The van der Waals surface area contributed by atoms with Crippen LogP contribution in [-0.2, 0) is 0 Å². The molecule has 0 unspecified atom stereocenters. The minimum absolute atomic E-state index is 0.0160. The highest BCUT2D eigenvalue weighted by Gasteiger charge is 2.08. The molecule has 5 heteroatoms. The monoisotopic (exact) mass is 316 g/mol. The van der Waals surface area contributed by atoms with Gasteiger partial charge < -0.3 is 18.9 Å². The van der Waals surface area contributed by atoms with Crippen LogP contribution in [0.2, 0.25) is 0 Å². The third-order valence-corrected chi connectivity index (χ3v) is 3.24. The Bertz CT molecular complexity index is 649. The third kappa shape index (κ3) is 4.64. The summed E-state index contributed by atoms with van der Waals surface area (Å²) in [5, 5.41) is 0. The van der Waals surface area contributed by atoms with E-state index in [0.29, 0.717) is 30.3 Å². The molecule has 23 heavy (non-hydrogen) atoms. The Kier molecular flexibility index (Phi) is 5.86. The van der Waals surface area contributed by atoms with E-state index >= 15 is 0 Å². The van der Waals surface area contributed by atoms with Crippen LogP contribution < -0.4 is 18.9 Å². The molecule has 122 valence electrons. The fourth-order valence-electron chi connectivity index (χ4n) is 1.99. The summed E-state index contributed by atoms with van der Waals surface area (Å²) in [4.78, 5) is 11.4. The van der Waals surface area contributed by atoms with Crippen molar-refractivity contribution in [1.29, 1.82) is 0 Å². The number of carbonyl (C=O) groups excluding carboxylic acids is 1. The first-order valence-electron chi connectivity index (χ1n) is 7.22. The molecule has 2 aromatic carbocycles. The van der Waals surface area contributed by atoms with Gasteiger partial charge >= 0.3 is 0 Å². The number of ketones is 1. The molecule has 0 aliphatic rings. The largest absolute Gasteiger partial charge is 0.497 e. The Labute approximate surface area is 135 Å². The van der Waals surface area contributed by atoms with Crippen molar-refractivity contribution < 1.29 is 23.7 Å². The highest BCUT2D eigenvalue weighted by Crippen LogP contribution is 2.28. The van der Waals surface area contributed by atoms with Crippen LogP contribution >= 0.6 is 0 Å². The lowest BCUT2D eigenvalue weighted by Crippen LogP contribution is -2.09. The summed E-state index contributed by atoms with van der Waals surface area (Å²) >= 11 is 0. The van der Waals surface area contributed by atoms with E-state index in [1.807, 2.05) is 24.3 Å². The van der Waals surface area contributed by atoms with E-state index in [-0.39, 0.29) is 5.78 Å². The van der Waals surface area contributed by atoms with Crippen LogP contribution in [0.3, 0.4) is 0 Å². The number of Topliss-reactive ketones (excluding diaryl/α,β-unsaturated/α-hetero) is 1. The van der Waals surface area contributed by atoms with Gasteiger partial charge in [-0.25, -0.2) is 0 Å². The number of rotatable bonds is 8. The molecule has 0 aliphatic heterocycles. The molecule has 0 fully saturated rings. The highest BCUT2D eigenvalue weighted by atomic mass is 16.5. The maximum absolute atomic E-state index is 11.4. The number of hydrogen-bond donors (Lipinski definition) is 0. The van der Waals surface area contributed by atoms with E-state index < -0.39 is 0 Å². The van der Waals surface area contributed by atoms with Gasteiger partial charge in [-0.15, -0.1) is 0 Å². The highest BCUT2D eigenvalue weighted by molar-refractivity contribution is 5.94. The Balaban J connectivity index is 1.86. The van der Waals surface area contributed by atoms with Gasteiger partial charge in [0.1, 0.15) is 24.7 Å². The van der Waals surface area contributed by atoms with Crippen LogP contribution in [0.25, 0.3) is 0 Å². The first-order valence-corrected chi connectivity index (χ1v) is 7.22. The smallest absolute Gasteiger partial charge is 0.161 e. The normalized spacial score (nSPS) is 10.0. The average molecular weight is 316 g/mol. The van der Waals surface area contributed by atoms with Crippen LogP contribution in [0.5, 0.6) is 23.0 Å². The fraction of sp³-hybridized carbons (Fsp3) is 0.278. The summed E-state index contributed by atoms with van der Waals surface area (Å²) in [7, 11) is 3.16. The van der Waals surface area contributed by atoms with Crippen LogP contribution in [0.15, 0.2) is 42.5 Å². The number of carbonyl (C=O) groups is 1. The predicted molar refractivity (Wildman–Crippen MR) is 87.0 cm³/mol. The SMILES string of the molecule is COc1ccc(OCCOc2ccc(C(C)=O)cc2OC)cc1. The Morgan fingerprint density at radius 1 is 0.826 bits per heavy atom. The first kappa shape index (κ1) is 16.7. The zero-order valence-electron chi connectivity index (χ0n) is 13.5. The van der Waals surface area contributed by atoms with Gasteiger partial charge in [0.25, 0.3) is 0 Å². The quantitative estimate of drug-likeness (QED) is 0.552. The molecule has 0 radical (unpaired) electrons. The van der Waals surface area contributed by atoms with Crippen molar-refractivity contribution >= 4 is 5.78 Å². The molecular weight excluding hydrogens is 296 g/mol. The fourth-order valence-corrected chi connectivity index (χ4v) is 1.99. The molecular formula is C18H20O5. The van der Waals surface area contributed by atoms with Gasteiger partial charge in [-0.2, -0.15) is 0 Å². The summed E-state index contributed by atoms with van der Waals surface area (Å²) in [5.41, 5.74) is 0.587. The topological polar surface area (TPSA) is 54.0 Å². The second-order valence-electron chi connectivity index (χ2n) is 4.79. The average Bonchev–Trinajstić information content (AvgIpc) is 2.59. The number of hydrogen-bond acceptors (Lipinski definition) is 5. The van der Waals surface area contributed by atoms with E-state index in [4.69, 9.17) is 18.9 Å². The molecule has 0 bridgehead atoms. The van der Waals surface area contributed by atoms with Gasteiger partial charge in [0, 0.05) is 5.56 Å².